The van der Waals surface area contributed by atoms with Gasteiger partial charge in [-0.2, -0.15) is 5.10 Å². The van der Waals surface area contributed by atoms with E-state index in [9.17, 15) is 13.2 Å². The molecule has 2 heterocycles. The summed E-state index contributed by atoms with van der Waals surface area (Å²) in [4.78, 5) is 4.74. The highest BCUT2D eigenvalue weighted by atomic mass is 19.1. The smallest absolute Gasteiger partial charge is 0.123 e. The fourth-order valence-electron chi connectivity index (χ4n) is 4.39. The maximum atomic E-state index is 13.6. The van der Waals surface area contributed by atoms with Gasteiger partial charge in [-0.15, -0.1) is 0 Å². The van der Waals surface area contributed by atoms with Crippen LogP contribution in [0.3, 0.4) is 0 Å². The monoisotopic (exact) mass is 503 g/mol. The van der Waals surface area contributed by atoms with Crippen molar-refractivity contribution in [1.82, 2.24) is 14.8 Å². The van der Waals surface area contributed by atoms with Crippen LogP contribution < -0.4 is 0 Å². The molecule has 6 heteroatoms. The molecule has 184 valence electrons. The molecule has 0 bridgehead atoms. The molecule has 4 aromatic carbocycles. The standard InChI is InChI=1S/C32H20F3N3/c33-26-9-4-21(5-10-26)1-2-23-17-24(8-3-22-6-11-27(34)12-7-22)31-30(18-23)32-25(19-36-31)20-37-38(32)29-15-13-28(35)14-16-29/h1-20H/b2-1+,8-3+. The molecular formula is C32H20F3N3. The number of pyridine rings is 1. The van der Waals surface area contributed by atoms with E-state index in [-0.39, 0.29) is 17.5 Å². The number of hydrogen-bond donors (Lipinski definition) is 0. The third kappa shape index (κ3) is 4.72. The lowest BCUT2D eigenvalue weighted by atomic mass is 10.0. The second kappa shape index (κ2) is 9.82. The SMILES string of the molecule is Fc1ccc(/C=C/c2cc(/C=C/c3ccc(F)cc3)c3ncc4cnn(-c5ccc(F)cc5)c4c3c2)cc1. The highest BCUT2D eigenvalue weighted by Gasteiger charge is 2.13. The van der Waals surface area contributed by atoms with Crippen LogP contribution in [-0.2, 0) is 0 Å². The zero-order valence-corrected chi connectivity index (χ0v) is 20.0. The second-order valence-corrected chi connectivity index (χ2v) is 8.87. The molecule has 0 saturated carbocycles. The van der Waals surface area contributed by atoms with Crippen molar-refractivity contribution >= 4 is 46.1 Å². The number of nitrogens with zero attached hydrogens (tertiary/aromatic N) is 3. The Bertz CT molecular complexity index is 1820. The molecule has 0 radical (unpaired) electrons. The van der Waals surface area contributed by atoms with E-state index in [1.54, 1.807) is 53.5 Å². The van der Waals surface area contributed by atoms with Crippen LogP contribution >= 0.6 is 0 Å². The second-order valence-electron chi connectivity index (χ2n) is 8.87. The predicted octanol–water partition coefficient (Wildman–Crippen LogP) is 8.33. The van der Waals surface area contributed by atoms with Crippen molar-refractivity contribution in [3.05, 3.63) is 137 Å². The normalized spacial score (nSPS) is 11.9. The van der Waals surface area contributed by atoms with Crippen LogP contribution in [0.15, 0.2) is 97.3 Å². The summed E-state index contributed by atoms with van der Waals surface area (Å²) in [5, 5.41) is 6.26. The average molecular weight is 504 g/mol. The van der Waals surface area contributed by atoms with Gasteiger partial charge in [0, 0.05) is 22.5 Å². The number of aromatic nitrogens is 3. The van der Waals surface area contributed by atoms with Crippen LogP contribution in [-0.4, -0.2) is 14.8 Å². The first-order valence-corrected chi connectivity index (χ1v) is 12.0. The minimum atomic E-state index is -0.321. The largest absolute Gasteiger partial charge is 0.255 e. The highest BCUT2D eigenvalue weighted by Crippen LogP contribution is 2.31. The predicted molar refractivity (Wildman–Crippen MR) is 147 cm³/mol. The molecule has 3 nitrogen and oxygen atoms in total. The molecule has 0 spiro atoms. The third-order valence-corrected chi connectivity index (χ3v) is 6.28. The third-order valence-electron chi connectivity index (χ3n) is 6.28. The Morgan fingerprint density at radius 2 is 1.13 bits per heavy atom. The van der Waals surface area contributed by atoms with Crippen LogP contribution in [0.1, 0.15) is 22.3 Å². The molecule has 0 N–H and O–H groups in total. The van der Waals surface area contributed by atoms with E-state index < -0.39 is 0 Å². The van der Waals surface area contributed by atoms with E-state index in [1.165, 1.54) is 36.4 Å². The summed E-state index contributed by atoms with van der Waals surface area (Å²) in [7, 11) is 0. The van der Waals surface area contributed by atoms with Gasteiger partial charge in [0.2, 0.25) is 0 Å². The number of benzene rings is 4. The quantitative estimate of drug-likeness (QED) is 0.221. The molecule has 0 unspecified atom stereocenters. The maximum Gasteiger partial charge on any atom is 0.123 e. The number of fused-ring (bicyclic) bond motifs is 3. The Balaban J connectivity index is 1.54. The molecule has 6 rings (SSSR count). The summed E-state index contributed by atoms with van der Waals surface area (Å²) in [6.45, 7) is 0. The van der Waals surface area contributed by atoms with Gasteiger partial charge in [-0.1, -0.05) is 48.6 Å². The zero-order chi connectivity index (χ0) is 26.1. The van der Waals surface area contributed by atoms with Crippen molar-refractivity contribution in [2.45, 2.75) is 0 Å². The van der Waals surface area contributed by atoms with E-state index in [0.717, 1.165) is 49.7 Å². The lowest BCUT2D eigenvalue weighted by Gasteiger charge is -2.09. The number of rotatable bonds is 5. The van der Waals surface area contributed by atoms with Crippen LogP contribution in [0.5, 0.6) is 0 Å². The van der Waals surface area contributed by atoms with Gasteiger partial charge in [0.25, 0.3) is 0 Å². The highest BCUT2D eigenvalue weighted by molar-refractivity contribution is 6.07. The zero-order valence-electron chi connectivity index (χ0n) is 20.0. The molecule has 0 saturated heterocycles. The van der Waals surface area contributed by atoms with Gasteiger partial charge in [0.15, 0.2) is 0 Å². The summed E-state index contributed by atoms with van der Waals surface area (Å²) in [5.74, 6) is -0.902. The molecule has 0 aliphatic rings. The minimum Gasteiger partial charge on any atom is -0.255 e. The van der Waals surface area contributed by atoms with Gasteiger partial charge >= 0.3 is 0 Å². The first kappa shape index (κ1) is 23.4. The Kier molecular flexibility index (Phi) is 6.06. The van der Waals surface area contributed by atoms with Crippen molar-refractivity contribution in [1.29, 1.82) is 0 Å². The first-order chi connectivity index (χ1) is 18.5. The average Bonchev–Trinajstić information content (AvgIpc) is 3.37. The molecule has 6 aromatic rings. The summed E-state index contributed by atoms with van der Waals surface area (Å²) in [6.07, 6.45) is 11.2. The van der Waals surface area contributed by atoms with Gasteiger partial charge in [0.05, 0.1) is 22.9 Å². The molecular weight excluding hydrogens is 483 g/mol. The lowest BCUT2D eigenvalue weighted by molar-refractivity contribution is 0.627. The Morgan fingerprint density at radius 1 is 0.579 bits per heavy atom. The van der Waals surface area contributed by atoms with Crippen molar-refractivity contribution in [3.63, 3.8) is 0 Å². The molecule has 0 fully saturated rings. The molecule has 2 aromatic heterocycles. The summed E-state index contributed by atoms with van der Waals surface area (Å²) in [5.41, 5.74) is 5.81. The van der Waals surface area contributed by atoms with Crippen molar-refractivity contribution in [2.75, 3.05) is 0 Å². The van der Waals surface area contributed by atoms with E-state index in [4.69, 9.17) is 4.98 Å². The summed E-state index contributed by atoms with van der Waals surface area (Å²) in [6, 6.07) is 22.7. The Labute approximate surface area is 216 Å². The topological polar surface area (TPSA) is 30.7 Å². The van der Waals surface area contributed by atoms with E-state index in [0.29, 0.717) is 0 Å². The first-order valence-electron chi connectivity index (χ1n) is 12.0. The summed E-state index contributed by atoms with van der Waals surface area (Å²) < 4.78 is 42.1. The van der Waals surface area contributed by atoms with Crippen LogP contribution in [0.4, 0.5) is 13.2 Å². The molecule has 38 heavy (non-hydrogen) atoms. The maximum absolute atomic E-state index is 13.6. The van der Waals surface area contributed by atoms with Gasteiger partial charge in [-0.25, -0.2) is 17.9 Å². The fourth-order valence-corrected chi connectivity index (χ4v) is 4.39. The van der Waals surface area contributed by atoms with Crippen LogP contribution in [0.2, 0.25) is 0 Å². The van der Waals surface area contributed by atoms with Crippen molar-refractivity contribution < 1.29 is 13.2 Å². The van der Waals surface area contributed by atoms with E-state index in [1.807, 2.05) is 36.4 Å². The van der Waals surface area contributed by atoms with E-state index in [2.05, 4.69) is 5.10 Å². The Hall–Kier alpha value is -4.97. The van der Waals surface area contributed by atoms with Crippen LogP contribution in [0, 0.1) is 17.5 Å². The fraction of sp³-hybridized carbons (Fsp3) is 0. The van der Waals surface area contributed by atoms with Gasteiger partial charge < -0.3 is 0 Å². The number of hydrogen-bond acceptors (Lipinski definition) is 2. The van der Waals surface area contributed by atoms with Crippen molar-refractivity contribution in [3.8, 4) is 5.69 Å². The molecule has 0 aliphatic carbocycles. The number of halogens is 3. The molecule has 0 amide bonds. The molecule has 0 aliphatic heterocycles. The minimum absolute atomic E-state index is 0.288. The van der Waals surface area contributed by atoms with Crippen LogP contribution in [0.25, 0.3) is 51.8 Å². The Morgan fingerprint density at radius 3 is 1.76 bits per heavy atom. The lowest BCUT2D eigenvalue weighted by Crippen LogP contribution is -1.97. The van der Waals surface area contributed by atoms with E-state index >= 15 is 0 Å². The van der Waals surface area contributed by atoms with Crippen molar-refractivity contribution in [2.24, 2.45) is 0 Å². The molecule has 0 atom stereocenters. The van der Waals surface area contributed by atoms with Gasteiger partial charge in [0.1, 0.15) is 17.5 Å². The van der Waals surface area contributed by atoms with Gasteiger partial charge in [-0.3, -0.25) is 4.98 Å². The van der Waals surface area contributed by atoms with Gasteiger partial charge in [-0.05, 0) is 77.4 Å². The summed E-state index contributed by atoms with van der Waals surface area (Å²) >= 11 is 0.